The molecular formula is C15H25NO3. The Hall–Kier alpha value is -1.13. The Balaban J connectivity index is 2.00. The average Bonchev–Trinajstić information content (AvgIpc) is 2.93. The summed E-state index contributed by atoms with van der Waals surface area (Å²) in [6.45, 7) is 4.95. The molecule has 0 saturated carbocycles. The van der Waals surface area contributed by atoms with Crippen LogP contribution in [-0.2, 0) is 14.3 Å². The number of unbranched alkanes of at least 4 members (excludes halogenated alkanes) is 1. The molecule has 1 saturated heterocycles. The van der Waals surface area contributed by atoms with Crippen molar-refractivity contribution >= 4 is 5.91 Å². The van der Waals surface area contributed by atoms with E-state index in [2.05, 4.69) is 12.2 Å². The minimum absolute atomic E-state index is 0.0768. The van der Waals surface area contributed by atoms with Crippen LogP contribution in [0.4, 0.5) is 0 Å². The lowest BCUT2D eigenvalue weighted by Gasteiger charge is -2.08. The molecule has 0 aliphatic carbocycles. The van der Waals surface area contributed by atoms with E-state index in [1.807, 2.05) is 12.2 Å². The van der Waals surface area contributed by atoms with Gasteiger partial charge in [-0.15, -0.1) is 0 Å². The Bertz CT molecular complexity index is 294. The first-order valence-electron chi connectivity index (χ1n) is 7.13. The van der Waals surface area contributed by atoms with Crippen molar-refractivity contribution in [2.45, 2.75) is 38.7 Å². The van der Waals surface area contributed by atoms with E-state index in [-0.39, 0.29) is 12.0 Å². The van der Waals surface area contributed by atoms with Crippen LogP contribution >= 0.6 is 0 Å². The van der Waals surface area contributed by atoms with Crippen molar-refractivity contribution in [2.75, 3.05) is 26.4 Å². The van der Waals surface area contributed by atoms with Gasteiger partial charge in [0.1, 0.15) is 0 Å². The molecule has 1 N–H and O–H groups in total. The minimum atomic E-state index is -0.0768. The first-order valence-corrected chi connectivity index (χ1v) is 7.13. The van der Waals surface area contributed by atoms with Gasteiger partial charge in [0, 0.05) is 25.8 Å². The zero-order chi connectivity index (χ0) is 13.8. The Morgan fingerprint density at radius 1 is 1.47 bits per heavy atom. The fourth-order valence-electron chi connectivity index (χ4n) is 1.75. The molecule has 1 rings (SSSR count). The van der Waals surface area contributed by atoms with Crippen LogP contribution in [0.15, 0.2) is 24.3 Å². The highest BCUT2D eigenvalue weighted by atomic mass is 16.5. The van der Waals surface area contributed by atoms with Crippen LogP contribution in [0.1, 0.15) is 32.6 Å². The molecule has 1 aliphatic heterocycles. The number of rotatable bonds is 9. The highest BCUT2D eigenvalue weighted by molar-refractivity contribution is 5.87. The standard InChI is InChI=1S/C15H25NO3/c1-2-3-10-18-11-6-4-5-9-15(17)16-13-14-8-7-12-19-14/h4-6,9,14H,2-3,7-8,10-13H2,1H3,(H,16,17). The molecule has 0 bridgehead atoms. The SMILES string of the molecule is CCCCOCC=CC=CC(=O)NCC1CCCO1. The van der Waals surface area contributed by atoms with E-state index in [1.54, 1.807) is 6.08 Å². The summed E-state index contributed by atoms with van der Waals surface area (Å²) in [5.41, 5.74) is 0. The van der Waals surface area contributed by atoms with Gasteiger partial charge in [0.25, 0.3) is 0 Å². The summed E-state index contributed by atoms with van der Waals surface area (Å²) in [7, 11) is 0. The van der Waals surface area contributed by atoms with Crippen molar-refractivity contribution in [1.29, 1.82) is 0 Å². The van der Waals surface area contributed by atoms with Gasteiger partial charge in [-0.1, -0.05) is 31.6 Å². The zero-order valence-corrected chi connectivity index (χ0v) is 11.8. The summed E-state index contributed by atoms with van der Waals surface area (Å²) >= 11 is 0. The molecule has 1 heterocycles. The van der Waals surface area contributed by atoms with Gasteiger partial charge in [0.15, 0.2) is 0 Å². The van der Waals surface area contributed by atoms with Gasteiger partial charge < -0.3 is 14.8 Å². The van der Waals surface area contributed by atoms with Crippen LogP contribution in [0.5, 0.6) is 0 Å². The number of nitrogens with one attached hydrogen (secondary N) is 1. The lowest BCUT2D eigenvalue weighted by atomic mass is 10.2. The fourth-order valence-corrected chi connectivity index (χ4v) is 1.75. The van der Waals surface area contributed by atoms with Crippen molar-refractivity contribution < 1.29 is 14.3 Å². The number of hydrogen-bond donors (Lipinski definition) is 1. The van der Waals surface area contributed by atoms with E-state index in [1.165, 1.54) is 6.08 Å². The minimum Gasteiger partial charge on any atom is -0.377 e. The first kappa shape index (κ1) is 15.9. The van der Waals surface area contributed by atoms with Gasteiger partial charge in [-0.3, -0.25) is 4.79 Å². The topological polar surface area (TPSA) is 47.6 Å². The number of ether oxygens (including phenoxy) is 2. The molecule has 1 unspecified atom stereocenters. The number of allylic oxidation sites excluding steroid dienone is 2. The second-order valence-corrected chi connectivity index (χ2v) is 4.60. The Morgan fingerprint density at radius 2 is 2.37 bits per heavy atom. The predicted octanol–water partition coefficient (Wildman–Crippen LogP) is 2.21. The average molecular weight is 267 g/mol. The second kappa shape index (κ2) is 10.8. The molecule has 108 valence electrons. The third-order valence-corrected chi connectivity index (χ3v) is 2.88. The Kier molecular flexibility index (Phi) is 9.02. The van der Waals surface area contributed by atoms with Gasteiger partial charge >= 0.3 is 0 Å². The van der Waals surface area contributed by atoms with E-state index in [0.29, 0.717) is 13.2 Å². The zero-order valence-electron chi connectivity index (χ0n) is 11.8. The molecule has 0 aromatic rings. The van der Waals surface area contributed by atoms with E-state index in [9.17, 15) is 4.79 Å². The molecule has 0 aromatic heterocycles. The van der Waals surface area contributed by atoms with E-state index >= 15 is 0 Å². The second-order valence-electron chi connectivity index (χ2n) is 4.60. The van der Waals surface area contributed by atoms with Crippen molar-refractivity contribution in [3.63, 3.8) is 0 Å². The molecule has 19 heavy (non-hydrogen) atoms. The maximum Gasteiger partial charge on any atom is 0.244 e. The number of carbonyl (C=O) groups excluding carboxylic acids is 1. The molecule has 1 amide bonds. The quantitative estimate of drug-likeness (QED) is 0.396. The van der Waals surface area contributed by atoms with E-state index in [4.69, 9.17) is 9.47 Å². The van der Waals surface area contributed by atoms with Crippen molar-refractivity contribution in [1.82, 2.24) is 5.32 Å². The van der Waals surface area contributed by atoms with Crippen molar-refractivity contribution in [3.05, 3.63) is 24.3 Å². The molecule has 1 fully saturated rings. The molecule has 0 radical (unpaired) electrons. The first-order chi connectivity index (χ1) is 9.33. The number of carbonyl (C=O) groups is 1. The molecule has 4 nitrogen and oxygen atoms in total. The molecule has 0 aromatic carbocycles. The van der Waals surface area contributed by atoms with Gasteiger partial charge in [-0.2, -0.15) is 0 Å². The van der Waals surface area contributed by atoms with Crippen molar-refractivity contribution in [2.24, 2.45) is 0 Å². The highest BCUT2D eigenvalue weighted by Gasteiger charge is 2.15. The lowest BCUT2D eigenvalue weighted by molar-refractivity contribution is -0.117. The molecule has 4 heteroatoms. The van der Waals surface area contributed by atoms with E-state index in [0.717, 1.165) is 38.9 Å². The largest absolute Gasteiger partial charge is 0.377 e. The summed E-state index contributed by atoms with van der Waals surface area (Å²) in [6, 6.07) is 0. The maximum absolute atomic E-state index is 11.5. The van der Waals surface area contributed by atoms with Gasteiger partial charge in [0.2, 0.25) is 5.91 Å². The Morgan fingerprint density at radius 3 is 3.11 bits per heavy atom. The van der Waals surface area contributed by atoms with E-state index < -0.39 is 0 Å². The van der Waals surface area contributed by atoms with Crippen LogP contribution in [0.3, 0.4) is 0 Å². The van der Waals surface area contributed by atoms with Gasteiger partial charge in [0.05, 0.1) is 12.7 Å². The summed E-state index contributed by atoms with van der Waals surface area (Å²) in [4.78, 5) is 11.5. The summed E-state index contributed by atoms with van der Waals surface area (Å²) < 4.78 is 10.8. The van der Waals surface area contributed by atoms with Crippen LogP contribution < -0.4 is 5.32 Å². The van der Waals surface area contributed by atoms with Crippen LogP contribution in [-0.4, -0.2) is 38.4 Å². The fraction of sp³-hybridized carbons (Fsp3) is 0.667. The summed E-state index contributed by atoms with van der Waals surface area (Å²) in [6.07, 6.45) is 11.6. The normalized spacial score (nSPS) is 19.5. The third kappa shape index (κ3) is 8.56. The molecule has 0 spiro atoms. The van der Waals surface area contributed by atoms with Gasteiger partial charge in [-0.05, 0) is 19.3 Å². The maximum atomic E-state index is 11.5. The van der Waals surface area contributed by atoms with Crippen LogP contribution in [0, 0.1) is 0 Å². The monoisotopic (exact) mass is 267 g/mol. The predicted molar refractivity (Wildman–Crippen MR) is 76.0 cm³/mol. The molecule has 1 atom stereocenters. The highest BCUT2D eigenvalue weighted by Crippen LogP contribution is 2.10. The lowest BCUT2D eigenvalue weighted by Crippen LogP contribution is -2.30. The molecular weight excluding hydrogens is 242 g/mol. The Labute approximate surface area is 115 Å². The molecule has 1 aliphatic rings. The summed E-state index contributed by atoms with van der Waals surface area (Å²) in [5, 5.41) is 2.83. The number of amides is 1. The number of hydrogen-bond acceptors (Lipinski definition) is 3. The smallest absolute Gasteiger partial charge is 0.244 e. The van der Waals surface area contributed by atoms with Crippen LogP contribution in [0.2, 0.25) is 0 Å². The van der Waals surface area contributed by atoms with Gasteiger partial charge in [-0.25, -0.2) is 0 Å². The summed E-state index contributed by atoms with van der Waals surface area (Å²) in [5.74, 6) is -0.0768. The third-order valence-electron chi connectivity index (χ3n) is 2.88. The van der Waals surface area contributed by atoms with Crippen LogP contribution in [0.25, 0.3) is 0 Å². The van der Waals surface area contributed by atoms with Crippen molar-refractivity contribution in [3.8, 4) is 0 Å².